The smallest absolute Gasteiger partial charge is 0.0990 e. The van der Waals surface area contributed by atoms with Gasteiger partial charge in [-0.25, -0.2) is 5.43 Å². The molecular formula is C14H23N3. The van der Waals surface area contributed by atoms with E-state index in [1.165, 1.54) is 0 Å². The first kappa shape index (κ1) is 15.5. The second kappa shape index (κ2) is 11.0. The van der Waals surface area contributed by atoms with Gasteiger partial charge in [0, 0.05) is 25.9 Å². The van der Waals surface area contributed by atoms with Crippen molar-refractivity contribution in [2.75, 3.05) is 13.6 Å². The van der Waals surface area contributed by atoms with Gasteiger partial charge >= 0.3 is 0 Å². The first-order valence-electron chi connectivity index (χ1n) is 5.97. The van der Waals surface area contributed by atoms with Crippen molar-refractivity contribution >= 4 is 6.21 Å². The van der Waals surface area contributed by atoms with E-state index in [4.69, 9.17) is 6.42 Å². The van der Waals surface area contributed by atoms with Gasteiger partial charge in [-0.15, -0.1) is 6.42 Å². The van der Waals surface area contributed by atoms with E-state index >= 15 is 0 Å². The van der Waals surface area contributed by atoms with Gasteiger partial charge in [0.15, 0.2) is 0 Å². The molecule has 0 spiro atoms. The van der Waals surface area contributed by atoms with Crippen LogP contribution in [0, 0.1) is 12.3 Å². The Bertz CT molecular complexity index is 297. The van der Waals surface area contributed by atoms with Gasteiger partial charge < -0.3 is 5.01 Å². The van der Waals surface area contributed by atoms with Gasteiger partial charge in [0.1, 0.15) is 0 Å². The molecule has 0 rings (SSSR count). The number of hydrazine groups is 1. The first-order valence-corrected chi connectivity index (χ1v) is 5.97. The van der Waals surface area contributed by atoms with Crippen LogP contribution in [0.3, 0.4) is 0 Å². The molecule has 94 valence electrons. The normalized spacial score (nSPS) is 13.5. The van der Waals surface area contributed by atoms with Crippen LogP contribution in [-0.4, -0.2) is 30.9 Å². The summed E-state index contributed by atoms with van der Waals surface area (Å²) in [5, 5.41) is 2.06. The lowest BCUT2D eigenvalue weighted by Gasteiger charge is -2.26. The molecule has 3 nitrogen and oxygen atoms in total. The maximum atomic E-state index is 5.14. The van der Waals surface area contributed by atoms with E-state index in [1.54, 1.807) is 0 Å². The highest BCUT2D eigenvalue weighted by molar-refractivity contribution is 5.58. The van der Waals surface area contributed by atoms with Crippen molar-refractivity contribution in [1.29, 1.82) is 0 Å². The maximum absolute atomic E-state index is 5.14. The van der Waals surface area contributed by atoms with Gasteiger partial charge in [-0.05, 0) is 13.3 Å². The van der Waals surface area contributed by atoms with Gasteiger partial charge in [-0.3, -0.25) is 4.99 Å². The van der Waals surface area contributed by atoms with Crippen LogP contribution in [0.15, 0.2) is 29.4 Å². The monoisotopic (exact) mass is 233 g/mol. The highest BCUT2D eigenvalue weighted by Crippen LogP contribution is 2.03. The van der Waals surface area contributed by atoms with E-state index in [2.05, 4.69) is 46.6 Å². The number of nitrogens with zero attached hydrogens (tertiary/aromatic N) is 2. The minimum Gasteiger partial charge on any atom is -0.309 e. The van der Waals surface area contributed by atoms with Crippen molar-refractivity contribution in [1.82, 2.24) is 10.4 Å². The molecule has 1 N–H and O–H groups in total. The summed E-state index contributed by atoms with van der Waals surface area (Å²) in [6.07, 6.45) is 17.2. The van der Waals surface area contributed by atoms with Crippen LogP contribution >= 0.6 is 0 Å². The topological polar surface area (TPSA) is 27.6 Å². The number of hydrogen-bond donors (Lipinski definition) is 1. The van der Waals surface area contributed by atoms with Crippen LogP contribution in [0.2, 0.25) is 0 Å². The Hall–Kier alpha value is -1.53. The summed E-state index contributed by atoms with van der Waals surface area (Å²) in [5.41, 5.74) is 3.16. The Labute approximate surface area is 105 Å². The van der Waals surface area contributed by atoms with E-state index < -0.39 is 0 Å². The summed E-state index contributed by atoms with van der Waals surface area (Å²) >= 11 is 0. The minimum absolute atomic E-state index is 0.259. The summed E-state index contributed by atoms with van der Waals surface area (Å²) in [6.45, 7) is 4.58. The number of rotatable bonds is 8. The fourth-order valence-electron chi connectivity index (χ4n) is 1.38. The molecule has 0 aromatic carbocycles. The minimum atomic E-state index is 0.259. The molecule has 0 aromatic rings. The maximum Gasteiger partial charge on any atom is 0.0990 e. The fraction of sp³-hybridized carbons (Fsp3) is 0.500. The van der Waals surface area contributed by atoms with Crippen LogP contribution in [0.1, 0.15) is 26.7 Å². The van der Waals surface area contributed by atoms with Crippen LogP contribution in [-0.2, 0) is 0 Å². The van der Waals surface area contributed by atoms with E-state index in [9.17, 15) is 0 Å². The Morgan fingerprint density at radius 3 is 2.82 bits per heavy atom. The summed E-state index contributed by atoms with van der Waals surface area (Å²) in [5.74, 6) is 2.49. The van der Waals surface area contributed by atoms with Crippen molar-refractivity contribution in [2.24, 2.45) is 4.99 Å². The molecule has 0 saturated carbocycles. The van der Waals surface area contributed by atoms with Crippen molar-refractivity contribution in [3.8, 4) is 12.3 Å². The molecule has 0 aliphatic heterocycles. The molecule has 0 fully saturated rings. The van der Waals surface area contributed by atoms with Gasteiger partial charge in [0.05, 0.1) is 12.6 Å². The summed E-state index contributed by atoms with van der Waals surface area (Å²) < 4.78 is 0. The van der Waals surface area contributed by atoms with E-state index in [0.29, 0.717) is 6.54 Å². The molecule has 1 unspecified atom stereocenters. The third-order valence-electron chi connectivity index (χ3n) is 2.19. The summed E-state index contributed by atoms with van der Waals surface area (Å²) in [7, 11) is 1.91. The zero-order valence-corrected chi connectivity index (χ0v) is 11.1. The highest BCUT2D eigenvalue weighted by atomic mass is 15.5. The lowest BCUT2D eigenvalue weighted by atomic mass is 10.2. The Balaban J connectivity index is 4.47. The number of hydrogen-bond acceptors (Lipinski definition) is 3. The zero-order valence-electron chi connectivity index (χ0n) is 11.1. The molecule has 0 aliphatic rings. The second-order valence-electron chi connectivity index (χ2n) is 3.48. The molecule has 0 aliphatic carbocycles. The van der Waals surface area contributed by atoms with Crippen molar-refractivity contribution in [2.45, 2.75) is 32.7 Å². The molecule has 17 heavy (non-hydrogen) atoms. The van der Waals surface area contributed by atoms with Gasteiger partial charge in [0.25, 0.3) is 0 Å². The molecular weight excluding hydrogens is 210 g/mol. The average Bonchev–Trinajstić information content (AvgIpc) is 2.35. The van der Waals surface area contributed by atoms with Crippen molar-refractivity contribution in [3.63, 3.8) is 0 Å². The predicted octanol–water partition coefficient (Wildman–Crippen LogP) is 2.39. The Kier molecular flexibility index (Phi) is 9.98. The van der Waals surface area contributed by atoms with Crippen LogP contribution in [0.25, 0.3) is 0 Å². The summed E-state index contributed by atoms with van der Waals surface area (Å²) in [4.78, 5) is 4.14. The Morgan fingerprint density at radius 1 is 1.53 bits per heavy atom. The largest absolute Gasteiger partial charge is 0.309 e. The lowest BCUT2D eigenvalue weighted by Crippen LogP contribution is -2.38. The number of nitrogens with one attached hydrogen (secondary N) is 1. The van der Waals surface area contributed by atoms with E-state index in [-0.39, 0.29) is 6.04 Å². The van der Waals surface area contributed by atoms with Crippen molar-refractivity contribution in [3.05, 3.63) is 24.4 Å². The first-order chi connectivity index (χ1) is 8.29. The third-order valence-corrected chi connectivity index (χ3v) is 2.19. The number of aliphatic imine (C=N–C) groups is 1. The van der Waals surface area contributed by atoms with Crippen LogP contribution in [0.4, 0.5) is 0 Å². The second-order valence-corrected chi connectivity index (χ2v) is 3.48. The number of allylic oxidation sites excluding steroid dienone is 2. The molecule has 0 bridgehead atoms. The van der Waals surface area contributed by atoms with Gasteiger partial charge in [-0.2, -0.15) is 0 Å². The highest BCUT2D eigenvalue weighted by Gasteiger charge is 2.08. The standard InChI is InChI=1S/C14H23N3/c1-5-8-13-17(15-4)14(9-6-2)10-12-16-11-7-3/h3,6,8-9,12-15H,5,10-11H2,1-2,4H3/b9-6-,13-8?,16-12?. The molecule has 0 heterocycles. The quantitative estimate of drug-likeness (QED) is 0.302. The van der Waals surface area contributed by atoms with E-state index in [1.807, 2.05) is 26.3 Å². The van der Waals surface area contributed by atoms with Gasteiger partial charge in [-0.1, -0.05) is 31.1 Å². The lowest BCUT2D eigenvalue weighted by molar-refractivity contribution is 0.254. The molecule has 0 radical (unpaired) electrons. The number of terminal acetylenes is 1. The third kappa shape index (κ3) is 7.37. The molecule has 0 amide bonds. The Morgan fingerprint density at radius 2 is 2.29 bits per heavy atom. The molecule has 3 heteroatoms. The molecule has 0 saturated heterocycles. The summed E-state index contributed by atoms with van der Waals surface area (Å²) in [6, 6.07) is 0.259. The fourth-order valence-corrected chi connectivity index (χ4v) is 1.38. The van der Waals surface area contributed by atoms with Gasteiger partial charge in [0.2, 0.25) is 0 Å². The SMILES string of the molecule is C#CCN=CCC(/C=C\C)N(C=CCC)NC. The van der Waals surface area contributed by atoms with Crippen LogP contribution < -0.4 is 5.43 Å². The molecule has 0 aromatic heterocycles. The van der Waals surface area contributed by atoms with E-state index in [0.717, 1.165) is 12.8 Å². The van der Waals surface area contributed by atoms with Crippen LogP contribution in [0.5, 0.6) is 0 Å². The predicted molar refractivity (Wildman–Crippen MR) is 75.7 cm³/mol. The van der Waals surface area contributed by atoms with Crippen molar-refractivity contribution < 1.29 is 0 Å². The molecule has 1 atom stereocenters. The average molecular weight is 233 g/mol. The zero-order chi connectivity index (χ0) is 12.9.